The highest BCUT2D eigenvalue weighted by Gasteiger charge is 2.13. The van der Waals surface area contributed by atoms with Crippen molar-refractivity contribution in [3.63, 3.8) is 0 Å². The summed E-state index contributed by atoms with van der Waals surface area (Å²) in [5.74, 6) is -0.667. The third kappa shape index (κ3) is 4.43. The van der Waals surface area contributed by atoms with Gasteiger partial charge in [-0.25, -0.2) is 4.98 Å². The number of nitrogens with zero attached hydrogens (tertiary/aromatic N) is 1. The predicted molar refractivity (Wildman–Crippen MR) is 86.6 cm³/mol. The monoisotopic (exact) mass is 358 g/mol. The Balaban J connectivity index is 1.99. The molecule has 116 valence electrons. The number of ether oxygens (including phenoxy) is 1. The van der Waals surface area contributed by atoms with E-state index in [1.165, 1.54) is 18.4 Å². The highest BCUT2D eigenvalue weighted by Crippen LogP contribution is 2.25. The summed E-state index contributed by atoms with van der Waals surface area (Å²) >= 11 is 13.3. The van der Waals surface area contributed by atoms with Gasteiger partial charge in [-0.05, 0) is 17.7 Å². The van der Waals surface area contributed by atoms with Crippen molar-refractivity contribution < 1.29 is 14.3 Å². The van der Waals surface area contributed by atoms with Crippen LogP contribution in [0.15, 0.2) is 23.6 Å². The van der Waals surface area contributed by atoms with Crippen molar-refractivity contribution in [2.24, 2.45) is 0 Å². The molecule has 8 heteroatoms. The SMILES string of the molecule is COC(=O)Cc1csc(NC(=O)Cc2c(Cl)cccc2Cl)n1. The summed E-state index contributed by atoms with van der Waals surface area (Å²) in [5, 5.41) is 5.63. The predicted octanol–water partition coefficient (Wildman–Crippen LogP) is 3.35. The number of hydrogen-bond acceptors (Lipinski definition) is 5. The van der Waals surface area contributed by atoms with Gasteiger partial charge in [-0.1, -0.05) is 29.3 Å². The van der Waals surface area contributed by atoms with Crippen molar-refractivity contribution in [1.29, 1.82) is 0 Å². The minimum Gasteiger partial charge on any atom is -0.469 e. The number of aromatic nitrogens is 1. The van der Waals surface area contributed by atoms with E-state index in [0.717, 1.165) is 0 Å². The number of esters is 1. The smallest absolute Gasteiger partial charge is 0.311 e. The standard InChI is InChI=1S/C14H12Cl2N2O3S/c1-21-13(20)5-8-7-22-14(17-8)18-12(19)6-9-10(15)3-2-4-11(9)16/h2-4,7H,5-6H2,1H3,(H,17,18,19). The van der Waals surface area contributed by atoms with Crippen LogP contribution in [0.25, 0.3) is 0 Å². The number of carbonyl (C=O) groups excluding carboxylic acids is 2. The molecule has 0 saturated carbocycles. The molecule has 0 bridgehead atoms. The average Bonchev–Trinajstić information content (AvgIpc) is 2.90. The minimum atomic E-state index is -0.383. The number of rotatable bonds is 5. The first-order valence-electron chi connectivity index (χ1n) is 6.23. The maximum Gasteiger partial charge on any atom is 0.311 e. The first kappa shape index (κ1) is 16.7. The van der Waals surface area contributed by atoms with Gasteiger partial charge in [0.05, 0.1) is 25.6 Å². The molecule has 0 aliphatic rings. The second-order valence-corrected chi connectivity index (χ2v) is 5.99. The van der Waals surface area contributed by atoms with Gasteiger partial charge in [0.2, 0.25) is 5.91 Å². The summed E-state index contributed by atoms with van der Waals surface area (Å²) in [5.41, 5.74) is 1.11. The average molecular weight is 359 g/mol. The van der Waals surface area contributed by atoms with Gasteiger partial charge in [-0.2, -0.15) is 0 Å². The third-order valence-electron chi connectivity index (χ3n) is 2.75. The first-order valence-corrected chi connectivity index (χ1v) is 7.87. The van der Waals surface area contributed by atoms with Crippen LogP contribution < -0.4 is 5.32 Å². The van der Waals surface area contributed by atoms with Crippen LogP contribution in [0.4, 0.5) is 5.13 Å². The quantitative estimate of drug-likeness (QED) is 0.832. The maximum atomic E-state index is 12.0. The summed E-state index contributed by atoms with van der Waals surface area (Å²) in [6, 6.07) is 5.06. The number of anilines is 1. The Morgan fingerprint density at radius 2 is 1.95 bits per heavy atom. The van der Waals surface area contributed by atoms with Gasteiger partial charge in [0.25, 0.3) is 0 Å². The Morgan fingerprint density at radius 3 is 2.59 bits per heavy atom. The molecule has 0 fully saturated rings. The number of amides is 1. The number of thiazole rings is 1. The summed E-state index contributed by atoms with van der Waals surface area (Å²) in [6.45, 7) is 0. The van der Waals surface area contributed by atoms with E-state index in [1.54, 1.807) is 23.6 Å². The van der Waals surface area contributed by atoms with Gasteiger partial charge in [0, 0.05) is 15.4 Å². The highest BCUT2D eigenvalue weighted by atomic mass is 35.5. The third-order valence-corrected chi connectivity index (χ3v) is 4.27. The van der Waals surface area contributed by atoms with Gasteiger partial charge >= 0.3 is 5.97 Å². The maximum absolute atomic E-state index is 12.0. The van der Waals surface area contributed by atoms with Gasteiger partial charge < -0.3 is 10.1 Å². The molecule has 0 spiro atoms. The second kappa shape index (κ2) is 7.58. The molecule has 1 amide bonds. The summed E-state index contributed by atoms with van der Waals surface area (Å²) in [7, 11) is 1.31. The van der Waals surface area contributed by atoms with E-state index in [9.17, 15) is 9.59 Å². The molecule has 2 aromatic rings. The number of halogens is 2. The van der Waals surface area contributed by atoms with Gasteiger partial charge in [0.1, 0.15) is 0 Å². The van der Waals surface area contributed by atoms with Crippen LogP contribution in [0.5, 0.6) is 0 Å². The highest BCUT2D eigenvalue weighted by molar-refractivity contribution is 7.13. The lowest BCUT2D eigenvalue weighted by atomic mass is 10.1. The van der Waals surface area contributed by atoms with Gasteiger partial charge in [0.15, 0.2) is 5.13 Å². The van der Waals surface area contributed by atoms with Crippen LogP contribution in [0.3, 0.4) is 0 Å². The largest absolute Gasteiger partial charge is 0.469 e. The van der Waals surface area contributed by atoms with Crippen molar-refractivity contribution in [1.82, 2.24) is 4.98 Å². The number of carbonyl (C=O) groups is 2. The first-order chi connectivity index (χ1) is 10.5. The number of methoxy groups -OCH3 is 1. The van der Waals surface area contributed by atoms with Crippen LogP contribution in [-0.4, -0.2) is 24.0 Å². The van der Waals surface area contributed by atoms with E-state index < -0.39 is 0 Å². The van der Waals surface area contributed by atoms with Crippen molar-refractivity contribution in [2.75, 3.05) is 12.4 Å². The van der Waals surface area contributed by atoms with E-state index in [0.29, 0.717) is 26.4 Å². The molecule has 0 unspecified atom stereocenters. The number of hydrogen-bond donors (Lipinski definition) is 1. The Hall–Kier alpha value is -1.63. The van der Waals surface area contributed by atoms with Crippen LogP contribution in [0.2, 0.25) is 10.0 Å². The number of benzene rings is 1. The fraction of sp³-hybridized carbons (Fsp3) is 0.214. The zero-order valence-electron chi connectivity index (χ0n) is 11.6. The van der Waals surface area contributed by atoms with Crippen LogP contribution in [-0.2, 0) is 27.2 Å². The van der Waals surface area contributed by atoms with Crippen LogP contribution in [0, 0.1) is 0 Å². The summed E-state index contributed by atoms with van der Waals surface area (Å²) in [6.07, 6.45) is 0.115. The van der Waals surface area contributed by atoms with E-state index in [-0.39, 0.29) is 24.7 Å². The second-order valence-electron chi connectivity index (χ2n) is 4.32. The molecule has 0 saturated heterocycles. The molecule has 1 heterocycles. The molecule has 0 radical (unpaired) electrons. The minimum absolute atomic E-state index is 0.0461. The molecular weight excluding hydrogens is 347 g/mol. The fourth-order valence-electron chi connectivity index (χ4n) is 1.69. The van der Waals surface area contributed by atoms with Crippen LogP contribution in [0.1, 0.15) is 11.3 Å². The Labute approximate surface area is 141 Å². The molecule has 0 aliphatic carbocycles. The Bertz CT molecular complexity index is 683. The molecule has 0 atom stereocenters. The topological polar surface area (TPSA) is 68.3 Å². The molecule has 1 N–H and O–H groups in total. The fourth-order valence-corrected chi connectivity index (χ4v) is 2.95. The van der Waals surface area contributed by atoms with E-state index in [2.05, 4.69) is 15.0 Å². The Kier molecular flexibility index (Phi) is 5.76. The molecule has 5 nitrogen and oxygen atoms in total. The lowest BCUT2D eigenvalue weighted by Crippen LogP contribution is -2.15. The molecule has 0 aliphatic heterocycles. The van der Waals surface area contributed by atoms with Crippen molar-refractivity contribution in [3.05, 3.63) is 44.9 Å². The molecule has 1 aromatic carbocycles. The Morgan fingerprint density at radius 1 is 1.27 bits per heavy atom. The van der Waals surface area contributed by atoms with Crippen LogP contribution >= 0.6 is 34.5 Å². The normalized spacial score (nSPS) is 10.3. The summed E-state index contributed by atoms with van der Waals surface area (Å²) < 4.78 is 4.56. The molecule has 1 aromatic heterocycles. The molecule has 2 rings (SSSR count). The van der Waals surface area contributed by atoms with Gasteiger partial charge in [-0.3, -0.25) is 9.59 Å². The van der Waals surface area contributed by atoms with Gasteiger partial charge in [-0.15, -0.1) is 11.3 Å². The molecule has 22 heavy (non-hydrogen) atoms. The lowest BCUT2D eigenvalue weighted by molar-refractivity contribution is -0.139. The van der Waals surface area contributed by atoms with E-state index in [4.69, 9.17) is 23.2 Å². The van der Waals surface area contributed by atoms with Crippen molar-refractivity contribution in [3.8, 4) is 0 Å². The van der Waals surface area contributed by atoms with Crippen molar-refractivity contribution >= 4 is 51.5 Å². The van der Waals surface area contributed by atoms with E-state index in [1.807, 2.05) is 0 Å². The zero-order chi connectivity index (χ0) is 16.1. The lowest BCUT2D eigenvalue weighted by Gasteiger charge is -2.06. The van der Waals surface area contributed by atoms with E-state index >= 15 is 0 Å². The molecular formula is C14H12Cl2N2O3S. The van der Waals surface area contributed by atoms with Crippen molar-refractivity contribution in [2.45, 2.75) is 12.8 Å². The number of nitrogens with one attached hydrogen (secondary N) is 1. The summed E-state index contributed by atoms with van der Waals surface area (Å²) in [4.78, 5) is 27.3. The zero-order valence-corrected chi connectivity index (χ0v) is 13.9.